The Labute approximate surface area is 114 Å². The van der Waals surface area contributed by atoms with Crippen LogP contribution in [0.4, 0.5) is 11.9 Å². The van der Waals surface area contributed by atoms with Gasteiger partial charge in [0.2, 0.25) is 11.9 Å². The number of hydrogen-bond acceptors (Lipinski definition) is 5. The van der Waals surface area contributed by atoms with Gasteiger partial charge in [-0.1, -0.05) is 32.1 Å². The third-order valence-electron chi connectivity index (χ3n) is 4.72. The molecule has 5 heteroatoms. The van der Waals surface area contributed by atoms with Gasteiger partial charge in [-0.25, -0.2) is 9.97 Å². The van der Waals surface area contributed by atoms with Gasteiger partial charge in [0.1, 0.15) is 6.33 Å². The molecule has 1 aromatic heterocycles. The van der Waals surface area contributed by atoms with E-state index in [1.54, 1.807) is 0 Å². The molecule has 2 heterocycles. The zero-order valence-corrected chi connectivity index (χ0v) is 11.5. The summed E-state index contributed by atoms with van der Waals surface area (Å²) in [4.78, 5) is 14.5. The molecular weight excluding hydrogens is 238 g/mol. The van der Waals surface area contributed by atoms with Gasteiger partial charge in [-0.2, -0.15) is 4.98 Å². The Kier molecular flexibility index (Phi) is 3.80. The predicted molar refractivity (Wildman–Crippen MR) is 75.8 cm³/mol. The van der Waals surface area contributed by atoms with Crippen molar-refractivity contribution in [2.45, 2.75) is 44.9 Å². The van der Waals surface area contributed by atoms with Crippen molar-refractivity contribution in [3.63, 3.8) is 0 Å². The van der Waals surface area contributed by atoms with Gasteiger partial charge in [0.05, 0.1) is 0 Å². The van der Waals surface area contributed by atoms with Gasteiger partial charge in [-0.15, -0.1) is 0 Å². The predicted octanol–water partition coefficient (Wildman–Crippen LogP) is 2.25. The fraction of sp³-hybridized carbons (Fsp3) is 0.786. The Morgan fingerprint density at radius 1 is 0.947 bits per heavy atom. The zero-order chi connectivity index (χ0) is 13.1. The summed E-state index contributed by atoms with van der Waals surface area (Å²) in [6, 6.07) is 0. The molecule has 0 aromatic carbocycles. The van der Waals surface area contributed by atoms with Crippen molar-refractivity contribution in [3.05, 3.63) is 6.33 Å². The molecule has 2 N–H and O–H groups in total. The summed E-state index contributed by atoms with van der Waals surface area (Å²) < 4.78 is 0. The van der Waals surface area contributed by atoms with Gasteiger partial charge >= 0.3 is 0 Å². The molecule has 104 valence electrons. The van der Waals surface area contributed by atoms with Crippen LogP contribution in [0.5, 0.6) is 0 Å². The highest BCUT2D eigenvalue weighted by Crippen LogP contribution is 2.35. The van der Waals surface area contributed by atoms with E-state index < -0.39 is 0 Å². The number of nitrogen functional groups attached to an aromatic ring is 1. The van der Waals surface area contributed by atoms with Crippen LogP contribution in [-0.2, 0) is 0 Å². The normalized spacial score (nSPS) is 22.6. The van der Waals surface area contributed by atoms with Crippen molar-refractivity contribution in [1.82, 2.24) is 15.0 Å². The second kappa shape index (κ2) is 5.72. The van der Waals surface area contributed by atoms with E-state index in [1.165, 1.54) is 51.3 Å². The summed E-state index contributed by atoms with van der Waals surface area (Å²) >= 11 is 0. The molecule has 3 rings (SSSR count). The molecule has 0 spiro atoms. The van der Waals surface area contributed by atoms with Gasteiger partial charge in [-0.3, -0.25) is 0 Å². The minimum atomic E-state index is 0.319. The lowest BCUT2D eigenvalue weighted by Crippen LogP contribution is -2.37. The lowest BCUT2D eigenvalue weighted by atomic mass is 9.76. The van der Waals surface area contributed by atoms with Gasteiger partial charge in [0.25, 0.3) is 0 Å². The third kappa shape index (κ3) is 2.96. The summed E-state index contributed by atoms with van der Waals surface area (Å²) in [7, 11) is 0. The average Bonchev–Trinajstić information content (AvgIpc) is 2.48. The maximum Gasteiger partial charge on any atom is 0.230 e. The first-order chi connectivity index (χ1) is 9.33. The van der Waals surface area contributed by atoms with E-state index in [1.807, 2.05) is 0 Å². The number of piperidine rings is 1. The summed E-state index contributed by atoms with van der Waals surface area (Å²) in [5, 5.41) is 0. The maximum atomic E-state index is 5.62. The molecule has 2 fully saturated rings. The quantitative estimate of drug-likeness (QED) is 0.884. The number of nitrogens with two attached hydrogens (primary N) is 1. The van der Waals surface area contributed by atoms with Crippen LogP contribution in [0.2, 0.25) is 0 Å². The maximum absolute atomic E-state index is 5.62. The molecule has 2 aliphatic rings. The van der Waals surface area contributed by atoms with Crippen molar-refractivity contribution in [3.8, 4) is 0 Å². The molecule has 1 saturated heterocycles. The molecule has 19 heavy (non-hydrogen) atoms. The van der Waals surface area contributed by atoms with Crippen molar-refractivity contribution in [2.75, 3.05) is 23.7 Å². The first-order valence-corrected chi connectivity index (χ1v) is 7.52. The number of nitrogens with zero attached hydrogens (tertiary/aromatic N) is 4. The van der Waals surface area contributed by atoms with E-state index in [2.05, 4.69) is 19.9 Å². The summed E-state index contributed by atoms with van der Waals surface area (Å²) in [5.74, 6) is 2.95. The van der Waals surface area contributed by atoms with Crippen LogP contribution in [0.1, 0.15) is 44.9 Å². The van der Waals surface area contributed by atoms with Crippen molar-refractivity contribution in [2.24, 2.45) is 11.8 Å². The number of rotatable bonds is 2. The highest BCUT2D eigenvalue weighted by molar-refractivity contribution is 5.33. The fourth-order valence-electron chi connectivity index (χ4n) is 3.63. The van der Waals surface area contributed by atoms with Gasteiger partial charge in [0.15, 0.2) is 0 Å². The largest absolute Gasteiger partial charge is 0.368 e. The lowest BCUT2D eigenvalue weighted by molar-refractivity contribution is 0.212. The highest BCUT2D eigenvalue weighted by atomic mass is 15.3. The molecule has 0 amide bonds. The standard InChI is InChI=1S/C14H23N5/c15-13-16-10-17-14(18-13)19-8-6-12(7-9-19)11-4-2-1-3-5-11/h10-12H,1-9H2,(H2,15,16,17,18). The highest BCUT2D eigenvalue weighted by Gasteiger charge is 2.28. The molecule has 1 aliphatic carbocycles. The second-order valence-corrected chi connectivity index (χ2v) is 5.87. The summed E-state index contributed by atoms with van der Waals surface area (Å²) in [6.45, 7) is 2.12. The number of aromatic nitrogens is 3. The van der Waals surface area contributed by atoms with Crippen LogP contribution in [0, 0.1) is 11.8 Å². The minimum absolute atomic E-state index is 0.319. The Morgan fingerprint density at radius 2 is 1.63 bits per heavy atom. The van der Waals surface area contributed by atoms with Crippen LogP contribution in [0.15, 0.2) is 6.33 Å². The Morgan fingerprint density at radius 3 is 2.32 bits per heavy atom. The molecule has 0 atom stereocenters. The van der Waals surface area contributed by atoms with Gasteiger partial charge < -0.3 is 10.6 Å². The molecule has 0 unspecified atom stereocenters. The van der Waals surface area contributed by atoms with Crippen LogP contribution in [-0.4, -0.2) is 28.0 Å². The molecule has 0 bridgehead atoms. The smallest absolute Gasteiger partial charge is 0.230 e. The molecule has 0 radical (unpaired) electrons. The van der Waals surface area contributed by atoms with E-state index in [0.29, 0.717) is 5.95 Å². The molecule has 1 saturated carbocycles. The molecular formula is C14H23N5. The van der Waals surface area contributed by atoms with Crippen LogP contribution >= 0.6 is 0 Å². The van der Waals surface area contributed by atoms with E-state index >= 15 is 0 Å². The monoisotopic (exact) mass is 261 g/mol. The number of hydrogen-bond donors (Lipinski definition) is 1. The van der Waals surface area contributed by atoms with Crippen LogP contribution < -0.4 is 10.6 Å². The Bertz CT molecular complexity index is 408. The summed E-state index contributed by atoms with van der Waals surface area (Å²) in [5.41, 5.74) is 5.62. The van der Waals surface area contributed by atoms with E-state index in [4.69, 9.17) is 5.73 Å². The molecule has 1 aliphatic heterocycles. The average molecular weight is 261 g/mol. The van der Waals surface area contributed by atoms with Crippen molar-refractivity contribution < 1.29 is 0 Å². The topological polar surface area (TPSA) is 67.9 Å². The number of anilines is 2. The molecule has 5 nitrogen and oxygen atoms in total. The minimum Gasteiger partial charge on any atom is -0.368 e. The van der Waals surface area contributed by atoms with E-state index in [0.717, 1.165) is 30.9 Å². The SMILES string of the molecule is Nc1ncnc(N2CCC(C3CCCCC3)CC2)n1. The van der Waals surface area contributed by atoms with Crippen molar-refractivity contribution in [1.29, 1.82) is 0 Å². The van der Waals surface area contributed by atoms with Gasteiger partial charge in [-0.05, 0) is 24.7 Å². The third-order valence-corrected chi connectivity index (χ3v) is 4.72. The first-order valence-electron chi connectivity index (χ1n) is 7.52. The zero-order valence-electron chi connectivity index (χ0n) is 11.5. The molecule has 1 aromatic rings. The van der Waals surface area contributed by atoms with E-state index in [9.17, 15) is 0 Å². The summed E-state index contributed by atoms with van der Waals surface area (Å²) in [6.07, 6.45) is 11.3. The Balaban J connectivity index is 1.57. The van der Waals surface area contributed by atoms with Crippen LogP contribution in [0.25, 0.3) is 0 Å². The fourth-order valence-corrected chi connectivity index (χ4v) is 3.63. The Hall–Kier alpha value is -1.39. The van der Waals surface area contributed by atoms with Gasteiger partial charge in [0, 0.05) is 13.1 Å². The first kappa shape index (κ1) is 12.6. The van der Waals surface area contributed by atoms with Crippen molar-refractivity contribution >= 4 is 11.9 Å². The van der Waals surface area contributed by atoms with E-state index in [-0.39, 0.29) is 0 Å². The lowest BCUT2D eigenvalue weighted by Gasteiger charge is -2.37. The van der Waals surface area contributed by atoms with Crippen LogP contribution in [0.3, 0.4) is 0 Å². The second-order valence-electron chi connectivity index (χ2n) is 5.87.